The fourth-order valence-electron chi connectivity index (χ4n) is 0. The van der Waals surface area contributed by atoms with Crippen LogP contribution in [0.5, 0.6) is 0 Å². The molecule has 0 aliphatic rings. The van der Waals surface area contributed by atoms with Crippen LogP contribution < -0.4 is 4.70 Å². The monoisotopic (exact) mass is 202 g/mol. The molecule has 0 unspecified atom stereocenters. The molecule has 0 aromatic heterocycles. The molecule has 0 aromatic rings. The van der Waals surface area contributed by atoms with Gasteiger partial charge >= 0.3 is 27.3 Å². The molecule has 0 saturated heterocycles. The zero-order chi connectivity index (χ0) is 3.58. The topological polar surface area (TPSA) is 0 Å². The Morgan fingerprint density at radius 1 is 1.00 bits per heavy atom. The van der Waals surface area contributed by atoms with Crippen molar-refractivity contribution in [2.24, 2.45) is 0 Å². The zero-order valence-corrected chi connectivity index (χ0v) is 6.76. The number of hydrogen-bond acceptors (Lipinski definition) is 0. The quantitative estimate of drug-likeness (QED) is 0.250. The van der Waals surface area contributed by atoms with E-state index < -0.39 is 6.68 Å². The first kappa shape index (κ1) is 15.9. The van der Waals surface area contributed by atoms with Gasteiger partial charge in [-0.2, -0.15) is 0 Å². The summed E-state index contributed by atoms with van der Waals surface area (Å²) in [5, 5.41) is 0. The molecule has 0 saturated carbocycles. The first-order chi connectivity index (χ1) is 1.73. The maximum absolute atomic E-state index is 9.58. The Balaban J connectivity index is -0.0000000450. The molecule has 0 spiro atoms. The predicted molar refractivity (Wildman–Crippen MR) is 6.57 cm³/mol. The number of hydrogen-bond donors (Lipinski definition) is 0. The Hall–Kier alpha value is 0.642. The van der Waals surface area contributed by atoms with E-state index in [1.807, 2.05) is 0 Å². The van der Waals surface area contributed by atoms with Gasteiger partial charge in [-0.1, -0.05) is 0 Å². The summed E-state index contributed by atoms with van der Waals surface area (Å²) in [6, 6.07) is 0. The van der Waals surface area contributed by atoms with Gasteiger partial charge in [-0.3, -0.25) is 0 Å². The van der Waals surface area contributed by atoms with E-state index in [0.717, 1.165) is 0 Å². The Bertz CT molecular complexity index is 12.3. The maximum atomic E-state index is 9.58. The fraction of sp³-hybridized carbons (Fsp3) is 0. The van der Waals surface area contributed by atoms with E-state index in [-0.39, 0.29) is 32.0 Å². The van der Waals surface area contributed by atoms with Crippen molar-refractivity contribution < 1.29 is 45.2 Å². The number of halogens is 4. The second-order valence-corrected chi connectivity index (χ2v) is 0.214. The van der Waals surface area contributed by atoms with Crippen molar-refractivity contribution in [1.29, 1.82) is 0 Å². The Morgan fingerprint density at radius 3 is 1.00 bits per heavy atom. The standard InChI is InChI=1S/CF3.Cd.FH/c2-1(3)4;;/h;;1H/q-1;+2;/p-1. The average Bonchev–Trinajstić information content (AvgIpc) is 0.811. The van der Waals surface area contributed by atoms with Gasteiger partial charge < -0.3 is 17.9 Å². The van der Waals surface area contributed by atoms with Crippen LogP contribution in [0.4, 0.5) is 13.2 Å². The van der Waals surface area contributed by atoms with Gasteiger partial charge in [0, 0.05) is 0 Å². The van der Waals surface area contributed by atoms with Gasteiger partial charge in [0.25, 0.3) is 0 Å². The van der Waals surface area contributed by atoms with Gasteiger partial charge in [0.05, 0.1) is 0 Å². The maximum Gasteiger partial charge on any atom is 2.00 e. The third-order valence-electron chi connectivity index (χ3n) is 0. The molecule has 0 N–H and O–H groups in total. The van der Waals surface area contributed by atoms with Crippen LogP contribution >= 0.6 is 0 Å². The van der Waals surface area contributed by atoms with Crippen LogP contribution in [0.15, 0.2) is 0 Å². The van der Waals surface area contributed by atoms with Crippen LogP contribution in [-0.4, -0.2) is 0 Å². The third kappa shape index (κ3) is 149. The molecule has 0 aliphatic carbocycles. The minimum atomic E-state index is -3.08. The summed E-state index contributed by atoms with van der Waals surface area (Å²) in [6.45, 7) is -3.08. The van der Waals surface area contributed by atoms with Crippen molar-refractivity contribution in [1.82, 2.24) is 0 Å². The second-order valence-electron chi connectivity index (χ2n) is 0.214. The molecular weight excluding hydrogens is 200 g/mol. The van der Waals surface area contributed by atoms with Gasteiger partial charge in [0.1, 0.15) is 0 Å². The van der Waals surface area contributed by atoms with Crippen molar-refractivity contribution in [3.63, 3.8) is 0 Å². The van der Waals surface area contributed by atoms with E-state index in [1.54, 1.807) is 0 Å². The van der Waals surface area contributed by atoms with Crippen molar-refractivity contribution in [3.05, 3.63) is 6.68 Å². The smallest absolute Gasteiger partial charge is 1.00 e. The summed E-state index contributed by atoms with van der Waals surface area (Å²) in [5.41, 5.74) is 0. The van der Waals surface area contributed by atoms with E-state index in [1.165, 1.54) is 0 Å². The van der Waals surface area contributed by atoms with Crippen molar-refractivity contribution in [2.75, 3.05) is 0 Å². The van der Waals surface area contributed by atoms with Crippen molar-refractivity contribution >= 4 is 0 Å². The van der Waals surface area contributed by atoms with Gasteiger partial charge in [-0.05, 0) is 0 Å². The number of rotatable bonds is 0. The fourth-order valence-corrected chi connectivity index (χ4v) is 0. The SMILES string of the molecule is F[C-](F)F.[Cd+2].[F-]. The van der Waals surface area contributed by atoms with E-state index in [2.05, 4.69) is 0 Å². The van der Waals surface area contributed by atoms with Crippen LogP contribution in [0.3, 0.4) is 0 Å². The van der Waals surface area contributed by atoms with Gasteiger partial charge in [0.2, 0.25) is 0 Å². The normalized spacial score (nSPS) is 6.00. The molecule has 5 heteroatoms. The van der Waals surface area contributed by atoms with Crippen molar-refractivity contribution in [3.8, 4) is 0 Å². The second kappa shape index (κ2) is 9.17. The van der Waals surface area contributed by atoms with E-state index in [9.17, 15) is 13.2 Å². The molecule has 0 nitrogen and oxygen atoms in total. The third-order valence-corrected chi connectivity index (χ3v) is 0. The summed E-state index contributed by atoms with van der Waals surface area (Å²) in [7, 11) is 0. The summed E-state index contributed by atoms with van der Waals surface area (Å²) >= 11 is 0. The van der Waals surface area contributed by atoms with Crippen LogP contribution in [0.25, 0.3) is 0 Å². The van der Waals surface area contributed by atoms with E-state index >= 15 is 0 Å². The van der Waals surface area contributed by atoms with E-state index in [0.29, 0.717) is 0 Å². The molecule has 0 heterocycles. The molecule has 0 aliphatic heterocycles. The molecule has 0 radical (unpaired) electrons. The summed E-state index contributed by atoms with van der Waals surface area (Å²) in [5.74, 6) is 0. The van der Waals surface area contributed by atoms with Gasteiger partial charge in [-0.15, -0.1) is 0 Å². The molecule has 0 bridgehead atoms. The Kier molecular flexibility index (Phi) is 24.3. The minimum absolute atomic E-state index is 0. The van der Waals surface area contributed by atoms with Crippen LogP contribution in [0.2, 0.25) is 0 Å². The van der Waals surface area contributed by atoms with Gasteiger partial charge in [0.15, 0.2) is 6.68 Å². The van der Waals surface area contributed by atoms with Crippen molar-refractivity contribution in [2.45, 2.75) is 0 Å². The van der Waals surface area contributed by atoms with E-state index in [4.69, 9.17) is 0 Å². The summed E-state index contributed by atoms with van der Waals surface area (Å²) in [4.78, 5) is 0. The molecule has 0 amide bonds. The summed E-state index contributed by atoms with van der Waals surface area (Å²) in [6.07, 6.45) is 0. The molecule has 0 fully saturated rings. The van der Waals surface area contributed by atoms with Crippen LogP contribution in [0, 0.1) is 6.68 Å². The largest absolute Gasteiger partial charge is 2.00 e. The predicted octanol–water partition coefficient (Wildman–Crippen LogP) is -1.66. The summed E-state index contributed by atoms with van der Waals surface area (Å²) < 4.78 is 28.8. The zero-order valence-electron chi connectivity index (χ0n) is 2.72. The molecule has 6 heavy (non-hydrogen) atoms. The first-order valence-electron chi connectivity index (χ1n) is 0.567. The Morgan fingerprint density at radius 2 is 1.00 bits per heavy atom. The molecule has 0 atom stereocenters. The molecular formula is CCdF4. The van der Waals surface area contributed by atoms with Crippen LogP contribution in [0.1, 0.15) is 0 Å². The Labute approximate surface area is 52.2 Å². The first-order valence-corrected chi connectivity index (χ1v) is 0.567. The minimum Gasteiger partial charge on any atom is -1.00 e. The average molecular weight is 200 g/mol. The van der Waals surface area contributed by atoms with Crippen LogP contribution in [-0.2, 0) is 27.3 Å². The molecule has 34 valence electrons. The molecule has 0 aromatic carbocycles. The van der Waals surface area contributed by atoms with Gasteiger partial charge in [-0.25, -0.2) is 0 Å². The molecule has 0 rings (SSSR count).